The van der Waals surface area contributed by atoms with Crippen LogP contribution < -0.4 is 10.9 Å². The summed E-state index contributed by atoms with van der Waals surface area (Å²) in [5, 5.41) is 5.85. The first-order valence-electron chi connectivity index (χ1n) is 9.51. The second-order valence-electron chi connectivity index (χ2n) is 7.27. The highest BCUT2D eigenvalue weighted by molar-refractivity contribution is 5.92. The Bertz CT molecular complexity index is 1080. The van der Waals surface area contributed by atoms with Crippen molar-refractivity contribution in [3.63, 3.8) is 0 Å². The van der Waals surface area contributed by atoms with Gasteiger partial charge in [0.25, 0.3) is 5.56 Å². The van der Waals surface area contributed by atoms with E-state index in [-0.39, 0.29) is 11.5 Å². The lowest BCUT2D eigenvalue weighted by molar-refractivity contribution is -0.116. The summed E-state index contributed by atoms with van der Waals surface area (Å²) < 4.78 is 1.69. The Morgan fingerprint density at radius 1 is 1.26 bits per heavy atom. The molecule has 0 saturated heterocycles. The smallest absolute Gasteiger partial charge is 0.266 e. The number of carbonyl (C=O) groups is 1. The Morgan fingerprint density at radius 3 is 2.93 bits per heavy atom. The minimum atomic E-state index is -0.172. The monoisotopic (exact) mass is 364 g/mol. The molecule has 1 amide bonds. The van der Waals surface area contributed by atoms with E-state index in [2.05, 4.69) is 21.5 Å². The van der Waals surface area contributed by atoms with E-state index >= 15 is 0 Å². The van der Waals surface area contributed by atoms with Crippen LogP contribution in [0.5, 0.6) is 0 Å². The zero-order chi connectivity index (χ0) is 19.0. The summed E-state index contributed by atoms with van der Waals surface area (Å²) in [5.74, 6) is 0.00821. The van der Waals surface area contributed by atoms with Crippen LogP contribution in [0.4, 0.5) is 5.69 Å². The number of rotatable bonds is 4. The molecule has 0 atom stereocenters. The molecule has 3 aromatic rings. The molecule has 6 nitrogen and oxygen atoms in total. The molecule has 0 radical (unpaired) electrons. The number of fused-ring (bicyclic) bond motifs is 2. The molecule has 2 N–H and O–H groups in total. The highest BCUT2D eigenvalue weighted by Crippen LogP contribution is 2.28. The Labute approximate surface area is 157 Å². The van der Waals surface area contributed by atoms with Crippen molar-refractivity contribution in [3.05, 3.63) is 62.7 Å². The van der Waals surface area contributed by atoms with Crippen molar-refractivity contribution >= 4 is 17.2 Å². The Balaban J connectivity index is 1.50. The van der Waals surface area contributed by atoms with Gasteiger partial charge in [0.15, 0.2) is 5.65 Å². The lowest BCUT2D eigenvalue weighted by atomic mass is 9.90. The molecule has 2 heterocycles. The van der Waals surface area contributed by atoms with Gasteiger partial charge in [-0.15, -0.1) is 0 Å². The van der Waals surface area contributed by atoms with E-state index in [1.807, 2.05) is 26.0 Å². The van der Waals surface area contributed by atoms with Crippen LogP contribution in [0.15, 0.2) is 29.1 Å². The molecule has 1 aromatic carbocycles. The number of hydrogen-bond acceptors (Lipinski definition) is 3. The van der Waals surface area contributed by atoms with E-state index in [0.29, 0.717) is 18.5 Å². The molecule has 0 unspecified atom stereocenters. The van der Waals surface area contributed by atoms with E-state index in [1.54, 1.807) is 4.52 Å². The number of nitrogens with zero attached hydrogens (tertiary/aromatic N) is 2. The molecule has 27 heavy (non-hydrogen) atoms. The van der Waals surface area contributed by atoms with Gasteiger partial charge >= 0.3 is 0 Å². The van der Waals surface area contributed by atoms with Gasteiger partial charge in [-0.3, -0.25) is 14.7 Å². The largest absolute Gasteiger partial charge is 0.326 e. The summed E-state index contributed by atoms with van der Waals surface area (Å²) in [5.41, 5.74) is 6.82. The molecule has 2 aromatic heterocycles. The second-order valence-corrected chi connectivity index (χ2v) is 7.27. The number of carbonyl (C=O) groups excluding carboxylic acids is 1. The van der Waals surface area contributed by atoms with E-state index < -0.39 is 0 Å². The first kappa shape index (κ1) is 17.5. The van der Waals surface area contributed by atoms with E-state index in [9.17, 15) is 9.59 Å². The summed E-state index contributed by atoms with van der Waals surface area (Å²) >= 11 is 0. The topological polar surface area (TPSA) is 79.3 Å². The average molecular weight is 364 g/mol. The van der Waals surface area contributed by atoms with Crippen molar-refractivity contribution in [2.45, 2.75) is 52.4 Å². The van der Waals surface area contributed by atoms with Gasteiger partial charge in [-0.1, -0.05) is 12.1 Å². The molecule has 140 valence electrons. The number of hydrogen-bond donors (Lipinski definition) is 2. The molecule has 6 heteroatoms. The number of H-pyrrole nitrogens is 1. The van der Waals surface area contributed by atoms with Crippen molar-refractivity contribution < 1.29 is 4.79 Å². The fourth-order valence-electron chi connectivity index (χ4n) is 4.07. The molecule has 0 bridgehead atoms. The van der Waals surface area contributed by atoms with Crippen LogP contribution in [0.1, 0.15) is 47.3 Å². The zero-order valence-corrected chi connectivity index (χ0v) is 15.8. The van der Waals surface area contributed by atoms with Crippen LogP contribution >= 0.6 is 0 Å². The summed E-state index contributed by atoms with van der Waals surface area (Å²) in [7, 11) is 0. The minimum Gasteiger partial charge on any atom is -0.326 e. The summed E-state index contributed by atoms with van der Waals surface area (Å²) in [4.78, 5) is 28.6. The van der Waals surface area contributed by atoms with E-state index in [4.69, 9.17) is 0 Å². The highest BCUT2D eigenvalue weighted by Gasteiger charge is 2.16. The molecular formula is C21H24N4O2. The summed E-state index contributed by atoms with van der Waals surface area (Å²) in [6.07, 6.45) is 5.49. The first-order valence-corrected chi connectivity index (χ1v) is 9.51. The maximum Gasteiger partial charge on any atom is 0.266 e. The zero-order valence-electron chi connectivity index (χ0n) is 15.8. The van der Waals surface area contributed by atoms with Crippen LogP contribution in [-0.4, -0.2) is 20.5 Å². The Morgan fingerprint density at radius 2 is 2.07 bits per heavy atom. The molecule has 0 saturated carbocycles. The number of amides is 1. The van der Waals surface area contributed by atoms with Gasteiger partial charge in [-0.05, 0) is 68.7 Å². The normalized spacial score (nSPS) is 13.6. The predicted octanol–water partition coefficient (Wildman–Crippen LogP) is 3.09. The quantitative estimate of drug-likeness (QED) is 0.747. The third-order valence-electron chi connectivity index (χ3n) is 5.47. The molecule has 4 rings (SSSR count). The molecule has 0 spiro atoms. The fraction of sp³-hybridized carbons (Fsp3) is 0.381. The van der Waals surface area contributed by atoms with Gasteiger partial charge in [-0.25, -0.2) is 9.50 Å². The van der Waals surface area contributed by atoms with Crippen LogP contribution in [0, 0.1) is 13.8 Å². The Hall–Kier alpha value is -2.89. The lowest BCUT2D eigenvalue weighted by Crippen LogP contribution is -2.17. The van der Waals surface area contributed by atoms with Gasteiger partial charge in [0, 0.05) is 29.6 Å². The van der Waals surface area contributed by atoms with Crippen molar-refractivity contribution in [2.75, 3.05) is 5.32 Å². The molecule has 0 aliphatic heterocycles. The highest BCUT2D eigenvalue weighted by atomic mass is 16.1. The number of benzene rings is 1. The summed E-state index contributed by atoms with van der Waals surface area (Å²) in [6.45, 7) is 3.86. The molecule has 1 aliphatic rings. The summed E-state index contributed by atoms with van der Waals surface area (Å²) in [6, 6.07) is 7.66. The fourth-order valence-corrected chi connectivity index (χ4v) is 4.07. The first-order chi connectivity index (χ1) is 13.0. The SMILES string of the molecule is Cc1nc2cc(=O)[nH]n2c(C)c1CCC(=O)Nc1cccc2c1CCCC2. The van der Waals surface area contributed by atoms with E-state index in [0.717, 1.165) is 35.5 Å². The molecule has 1 aliphatic carbocycles. The number of aromatic amines is 1. The van der Waals surface area contributed by atoms with Gasteiger partial charge in [0.1, 0.15) is 0 Å². The molecular weight excluding hydrogens is 340 g/mol. The standard InChI is InChI=1S/C21H24N4O2/c1-13-16(14(2)25-19(22-13)12-21(27)24-25)10-11-20(26)23-18-9-5-7-15-6-3-4-8-17(15)18/h5,7,9,12H,3-4,6,8,10-11H2,1-2H3,(H,23,26)(H,24,27). The van der Waals surface area contributed by atoms with Crippen LogP contribution in [0.3, 0.4) is 0 Å². The maximum absolute atomic E-state index is 12.6. The van der Waals surface area contributed by atoms with Crippen molar-refractivity contribution in [3.8, 4) is 0 Å². The third kappa shape index (κ3) is 3.39. The maximum atomic E-state index is 12.6. The number of anilines is 1. The van der Waals surface area contributed by atoms with Gasteiger partial charge < -0.3 is 5.32 Å². The van der Waals surface area contributed by atoms with Crippen LogP contribution in [0.25, 0.3) is 5.65 Å². The van der Waals surface area contributed by atoms with Crippen molar-refractivity contribution in [1.29, 1.82) is 0 Å². The van der Waals surface area contributed by atoms with Crippen molar-refractivity contribution in [2.24, 2.45) is 0 Å². The van der Waals surface area contributed by atoms with Gasteiger partial charge in [-0.2, -0.15) is 0 Å². The van der Waals surface area contributed by atoms with Crippen LogP contribution in [-0.2, 0) is 24.1 Å². The predicted molar refractivity (Wildman–Crippen MR) is 105 cm³/mol. The second kappa shape index (κ2) is 7.02. The number of aryl methyl sites for hydroxylation is 3. The number of nitrogens with one attached hydrogen (secondary N) is 2. The number of aromatic nitrogens is 3. The van der Waals surface area contributed by atoms with Crippen LogP contribution in [0.2, 0.25) is 0 Å². The van der Waals surface area contributed by atoms with Crippen molar-refractivity contribution in [1.82, 2.24) is 14.6 Å². The third-order valence-corrected chi connectivity index (χ3v) is 5.47. The lowest BCUT2D eigenvalue weighted by Gasteiger charge is -2.19. The minimum absolute atomic E-state index is 0.00821. The molecule has 0 fully saturated rings. The van der Waals surface area contributed by atoms with Gasteiger partial charge in [0.05, 0.1) is 0 Å². The average Bonchev–Trinajstić information content (AvgIpc) is 3.02. The van der Waals surface area contributed by atoms with Gasteiger partial charge in [0.2, 0.25) is 5.91 Å². The Kier molecular flexibility index (Phi) is 4.56. The van der Waals surface area contributed by atoms with E-state index in [1.165, 1.54) is 30.0 Å².